The Labute approximate surface area is 195 Å². The van der Waals surface area contributed by atoms with Crippen molar-refractivity contribution in [2.24, 2.45) is 5.92 Å². The number of esters is 1. The summed E-state index contributed by atoms with van der Waals surface area (Å²) in [6.45, 7) is 10.4. The number of amides is 3. The number of nitrogens with one attached hydrogen (secondary N) is 3. The van der Waals surface area contributed by atoms with Crippen LogP contribution in [-0.2, 0) is 23.9 Å². The van der Waals surface area contributed by atoms with E-state index < -0.39 is 41.6 Å². The van der Waals surface area contributed by atoms with E-state index in [0.29, 0.717) is 12.0 Å². The Morgan fingerprint density at radius 3 is 2.09 bits per heavy atom. The van der Waals surface area contributed by atoms with Gasteiger partial charge < -0.3 is 25.4 Å². The van der Waals surface area contributed by atoms with Crippen molar-refractivity contribution in [3.8, 4) is 0 Å². The third kappa shape index (κ3) is 10.7. The second-order valence-electron chi connectivity index (χ2n) is 9.01. The van der Waals surface area contributed by atoms with E-state index in [2.05, 4.69) is 16.0 Å². The number of ether oxygens (including phenoxy) is 2. The molecule has 0 saturated carbocycles. The third-order valence-electron chi connectivity index (χ3n) is 4.24. The summed E-state index contributed by atoms with van der Waals surface area (Å²) in [6.07, 6.45) is 1.06. The van der Waals surface area contributed by atoms with Crippen molar-refractivity contribution in [1.29, 1.82) is 0 Å². The Balaban J connectivity index is 2.96. The molecule has 0 radical (unpaired) electrons. The molecule has 1 rings (SSSR count). The van der Waals surface area contributed by atoms with Crippen molar-refractivity contribution in [2.75, 3.05) is 7.11 Å². The predicted molar refractivity (Wildman–Crippen MR) is 125 cm³/mol. The zero-order valence-electron chi connectivity index (χ0n) is 20.4. The topological polar surface area (TPSA) is 123 Å². The zero-order chi connectivity index (χ0) is 25.2. The van der Waals surface area contributed by atoms with Gasteiger partial charge >= 0.3 is 12.1 Å². The Bertz CT molecular complexity index is 859. The minimum Gasteiger partial charge on any atom is -0.464 e. The van der Waals surface area contributed by atoms with E-state index in [-0.39, 0.29) is 11.6 Å². The highest BCUT2D eigenvalue weighted by atomic mass is 16.6. The number of alkyl carbamates (subject to hydrolysis) is 1. The first-order valence-electron chi connectivity index (χ1n) is 10.8. The maximum Gasteiger partial charge on any atom is 0.408 e. The van der Waals surface area contributed by atoms with Gasteiger partial charge in [0.1, 0.15) is 23.4 Å². The highest BCUT2D eigenvalue weighted by Gasteiger charge is 2.28. The molecule has 0 aromatic heterocycles. The molecule has 33 heavy (non-hydrogen) atoms. The van der Waals surface area contributed by atoms with Crippen molar-refractivity contribution in [3.05, 3.63) is 41.6 Å². The Morgan fingerprint density at radius 1 is 0.970 bits per heavy atom. The van der Waals surface area contributed by atoms with Crippen LogP contribution in [0.4, 0.5) is 4.79 Å². The van der Waals surface area contributed by atoms with Crippen LogP contribution < -0.4 is 16.0 Å². The summed E-state index contributed by atoms with van der Waals surface area (Å²) in [4.78, 5) is 49.8. The highest BCUT2D eigenvalue weighted by molar-refractivity contribution is 6.00. The molecule has 1 aromatic carbocycles. The first kappa shape index (κ1) is 27.7. The molecule has 0 saturated heterocycles. The second-order valence-corrected chi connectivity index (χ2v) is 9.01. The van der Waals surface area contributed by atoms with Crippen LogP contribution in [0.2, 0.25) is 0 Å². The summed E-state index contributed by atoms with van der Waals surface area (Å²) in [6, 6.07) is 7.08. The number of hydrogen-bond donors (Lipinski definition) is 3. The van der Waals surface area contributed by atoms with Crippen molar-refractivity contribution in [3.63, 3.8) is 0 Å². The molecule has 0 bridgehead atoms. The van der Waals surface area contributed by atoms with E-state index in [0.717, 1.165) is 0 Å². The molecule has 9 nitrogen and oxygen atoms in total. The second kappa shape index (κ2) is 12.6. The lowest BCUT2D eigenvalue weighted by atomic mass is 10.0. The van der Waals surface area contributed by atoms with Crippen molar-refractivity contribution >= 4 is 30.0 Å². The van der Waals surface area contributed by atoms with Crippen LogP contribution in [0.3, 0.4) is 0 Å². The fraction of sp³-hybridized carbons (Fsp3) is 0.500. The number of methoxy groups -OCH3 is 1. The number of hydrogen-bond acceptors (Lipinski definition) is 6. The standard InChI is InChI=1S/C24H35N3O6/c1-15(2)13-18(26-20(28)16(3)25-23(31)33-24(4,5)6)21(29)27-19(22(30)32-7)14-17-11-9-8-10-12-17/h8-12,14-16,18H,13H2,1-7H3,(H,25,31)(H,26,28)(H,27,29)/b19-14+/t16-,18-/m0/s1. The van der Waals surface area contributed by atoms with Crippen LogP contribution >= 0.6 is 0 Å². The zero-order valence-corrected chi connectivity index (χ0v) is 20.4. The molecule has 0 unspecified atom stereocenters. The molecule has 0 aliphatic carbocycles. The molecule has 0 aliphatic rings. The lowest BCUT2D eigenvalue weighted by Crippen LogP contribution is -2.53. The number of benzene rings is 1. The van der Waals surface area contributed by atoms with E-state index in [4.69, 9.17) is 9.47 Å². The van der Waals surface area contributed by atoms with Gasteiger partial charge in [-0.1, -0.05) is 44.2 Å². The molecular weight excluding hydrogens is 426 g/mol. The van der Waals surface area contributed by atoms with Gasteiger partial charge in [-0.05, 0) is 51.7 Å². The van der Waals surface area contributed by atoms with Crippen LogP contribution in [0, 0.1) is 5.92 Å². The largest absolute Gasteiger partial charge is 0.464 e. The molecule has 3 amide bonds. The summed E-state index contributed by atoms with van der Waals surface area (Å²) in [5, 5.41) is 7.64. The fourth-order valence-corrected chi connectivity index (χ4v) is 2.74. The van der Waals surface area contributed by atoms with E-state index >= 15 is 0 Å². The van der Waals surface area contributed by atoms with Crippen molar-refractivity contribution in [2.45, 2.75) is 65.6 Å². The van der Waals surface area contributed by atoms with Gasteiger partial charge in [-0.3, -0.25) is 9.59 Å². The summed E-state index contributed by atoms with van der Waals surface area (Å²) in [5.74, 6) is -1.79. The van der Waals surface area contributed by atoms with Crippen LogP contribution in [-0.4, -0.2) is 48.7 Å². The lowest BCUT2D eigenvalue weighted by molar-refractivity contribution is -0.138. The Morgan fingerprint density at radius 2 is 1.58 bits per heavy atom. The van der Waals surface area contributed by atoms with Gasteiger partial charge in [0, 0.05) is 0 Å². The molecule has 0 aliphatic heterocycles. The maximum atomic E-state index is 13.0. The van der Waals surface area contributed by atoms with Crippen LogP contribution in [0.5, 0.6) is 0 Å². The Hall–Kier alpha value is -3.36. The smallest absolute Gasteiger partial charge is 0.408 e. The predicted octanol–water partition coefficient (Wildman–Crippen LogP) is 2.76. The van der Waals surface area contributed by atoms with Gasteiger partial charge in [-0.25, -0.2) is 9.59 Å². The third-order valence-corrected chi connectivity index (χ3v) is 4.24. The Kier molecular flexibility index (Phi) is 10.6. The first-order chi connectivity index (χ1) is 15.3. The van der Waals surface area contributed by atoms with E-state index in [1.54, 1.807) is 45.0 Å². The van der Waals surface area contributed by atoms with E-state index in [1.165, 1.54) is 20.1 Å². The van der Waals surface area contributed by atoms with Gasteiger partial charge in [-0.15, -0.1) is 0 Å². The minimum absolute atomic E-state index is 0.0587. The molecule has 9 heteroatoms. The monoisotopic (exact) mass is 461 g/mol. The molecular formula is C24H35N3O6. The van der Waals surface area contributed by atoms with Gasteiger partial charge in [0.05, 0.1) is 7.11 Å². The van der Waals surface area contributed by atoms with Gasteiger partial charge in [0.2, 0.25) is 11.8 Å². The fourth-order valence-electron chi connectivity index (χ4n) is 2.74. The number of carbonyl (C=O) groups excluding carboxylic acids is 4. The minimum atomic E-state index is -0.942. The normalized spacial score (nSPS) is 13.5. The highest BCUT2D eigenvalue weighted by Crippen LogP contribution is 2.10. The molecule has 2 atom stereocenters. The summed E-state index contributed by atoms with van der Waals surface area (Å²) in [5.41, 5.74) is -0.0788. The van der Waals surface area contributed by atoms with Crippen molar-refractivity contribution < 1.29 is 28.7 Å². The first-order valence-corrected chi connectivity index (χ1v) is 10.8. The molecule has 0 heterocycles. The van der Waals surface area contributed by atoms with Crippen molar-refractivity contribution in [1.82, 2.24) is 16.0 Å². The quantitative estimate of drug-likeness (QED) is 0.384. The van der Waals surface area contributed by atoms with E-state index in [9.17, 15) is 19.2 Å². The molecule has 1 aromatic rings. The summed E-state index contributed by atoms with van der Waals surface area (Å²) in [7, 11) is 1.21. The summed E-state index contributed by atoms with van der Waals surface area (Å²) >= 11 is 0. The summed E-state index contributed by atoms with van der Waals surface area (Å²) < 4.78 is 9.93. The van der Waals surface area contributed by atoms with Crippen LogP contribution in [0.15, 0.2) is 36.0 Å². The van der Waals surface area contributed by atoms with Crippen LogP contribution in [0.1, 0.15) is 53.5 Å². The van der Waals surface area contributed by atoms with Gasteiger partial charge in [-0.2, -0.15) is 0 Å². The molecule has 0 fully saturated rings. The number of carbonyl (C=O) groups is 4. The average molecular weight is 462 g/mol. The van der Waals surface area contributed by atoms with Gasteiger partial charge in [0.25, 0.3) is 0 Å². The molecule has 0 spiro atoms. The van der Waals surface area contributed by atoms with E-state index in [1.807, 2.05) is 19.9 Å². The molecule has 182 valence electrons. The number of rotatable bonds is 9. The maximum absolute atomic E-state index is 13.0. The van der Waals surface area contributed by atoms with Crippen LogP contribution in [0.25, 0.3) is 6.08 Å². The van der Waals surface area contributed by atoms with Gasteiger partial charge in [0.15, 0.2) is 0 Å². The SMILES string of the molecule is COC(=O)/C(=C\c1ccccc1)NC(=O)[C@H](CC(C)C)NC(=O)[C@H](C)NC(=O)OC(C)(C)C. The average Bonchev–Trinajstić information content (AvgIpc) is 2.70. The lowest BCUT2D eigenvalue weighted by Gasteiger charge is -2.24. The molecule has 3 N–H and O–H groups in total.